The predicted molar refractivity (Wildman–Crippen MR) is 154 cm³/mol. The maximum atomic E-state index is 12.3. The number of ether oxygens (including phenoxy) is 1. The van der Waals surface area contributed by atoms with Gasteiger partial charge >= 0.3 is 0 Å². The summed E-state index contributed by atoms with van der Waals surface area (Å²) in [4.78, 5) is 12.3. The molecule has 0 aromatic heterocycles. The molecule has 200 valence electrons. The molecule has 35 heavy (non-hydrogen) atoms. The average molecular weight is 521 g/mol. The molecule has 6 heteroatoms. The highest BCUT2D eigenvalue weighted by Crippen LogP contribution is 2.44. The summed E-state index contributed by atoms with van der Waals surface area (Å²) in [5, 5.41) is 0. The first kappa shape index (κ1) is 32.0. The summed E-state index contributed by atoms with van der Waals surface area (Å²) in [7, 11) is -4.11. The molecule has 3 atom stereocenters. The van der Waals surface area contributed by atoms with Crippen LogP contribution in [0.4, 0.5) is 0 Å². The van der Waals surface area contributed by atoms with Crippen LogP contribution in [0.15, 0.2) is 42.5 Å². The molecule has 0 radical (unpaired) electrons. The number of hydrogen-bond acceptors (Lipinski definition) is 4. The second-order valence-electron chi connectivity index (χ2n) is 12.1. The van der Waals surface area contributed by atoms with Gasteiger partial charge < -0.3 is 18.4 Å². The molecule has 0 aliphatic heterocycles. The highest BCUT2D eigenvalue weighted by molar-refractivity contribution is 6.77. The van der Waals surface area contributed by atoms with Gasteiger partial charge in [0.15, 0.2) is 8.32 Å². The third kappa shape index (κ3) is 10.4. The average Bonchev–Trinajstić information content (AvgIpc) is 2.74. The fourth-order valence-corrected chi connectivity index (χ4v) is 12.0. The lowest BCUT2D eigenvalue weighted by Gasteiger charge is -2.46. The van der Waals surface area contributed by atoms with Gasteiger partial charge in [0.25, 0.3) is 0 Å². The first-order valence-corrected chi connectivity index (χ1v) is 18.9. The van der Waals surface area contributed by atoms with E-state index < -0.39 is 22.7 Å². The third-order valence-corrected chi connectivity index (χ3v) is 13.8. The highest BCUT2D eigenvalue weighted by atomic mass is 28.4. The fraction of sp³-hybridized carbons (Fsp3) is 0.690. The molecule has 0 N–H and O–H groups in total. The van der Waals surface area contributed by atoms with E-state index in [0.717, 1.165) is 30.3 Å². The SMILES string of the molecule is C=C(COCc1ccccc1)C[C@@H](C)C[C@@H](O[Si](C(C)C)(C(C)C)C(C)C)[C@H](C=O)O[Si](C)(C)C. The van der Waals surface area contributed by atoms with E-state index in [0.29, 0.717) is 35.8 Å². The maximum Gasteiger partial charge on any atom is 0.200 e. The Morgan fingerprint density at radius 1 is 0.914 bits per heavy atom. The Hall–Kier alpha value is -1.06. The van der Waals surface area contributed by atoms with Crippen molar-refractivity contribution in [3.8, 4) is 0 Å². The van der Waals surface area contributed by atoms with Crippen LogP contribution in [0.2, 0.25) is 36.3 Å². The van der Waals surface area contributed by atoms with Crippen LogP contribution in [0, 0.1) is 5.92 Å². The molecule has 0 spiro atoms. The van der Waals surface area contributed by atoms with E-state index in [2.05, 4.69) is 86.8 Å². The Labute approximate surface area is 218 Å². The summed E-state index contributed by atoms with van der Waals surface area (Å²) < 4.78 is 19.4. The summed E-state index contributed by atoms with van der Waals surface area (Å²) in [5.74, 6) is 0.304. The first-order valence-electron chi connectivity index (χ1n) is 13.3. The normalized spacial score (nSPS) is 15.5. The van der Waals surface area contributed by atoms with Crippen LogP contribution < -0.4 is 0 Å². The van der Waals surface area contributed by atoms with Gasteiger partial charge in [-0.2, -0.15) is 0 Å². The molecule has 0 unspecified atom stereocenters. The third-order valence-electron chi connectivity index (χ3n) is 6.74. The van der Waals surface area contributed by atoms with E-state index in [1.54, 1.807) is 0 Å². The van der Waals surface area contributed by atoms with Gasteiger partial charge in [0, 0.05) is 0 Å². The summed E-state index contributed by atoms with van der Waals surface area (Å²) in [6.45, 7) is 27.7. The van der Waals surface area contributed by atoms with Gasteiger partial charge in [0.2, 0.25) is 8.32 Å². The van der Waals surface area contributed by atoms with Crippen LogP contribution in [0.3, 0.4) is 0 Å². The molecule has 0 bridgehead atoms. The van der Waals surface area contributed by atoms with Crippen molar-refractivity contribution in [3.63, 3.8) is 0 Å². The topological polar surface area (TPSA) is 44.8 Å². The van der Waals surface area contributed by atoms with Gasteiger partial charge in [-0.05, 0) is 60.6 Å². The van der Waals surface area contributed by atoms with Gasteiger partial charge in [-0.25, -0.2) is 0 Å². The van der Waals surface area contributed by atoms with Crippen molar-refractivity contribution in [2.45, 2.75) is 116 Å². The summed E-state index contributed by atoms with van der Waals surface area (Å²) in [6.07, 6.45) is 1.81. The second-order valence-corrected chi connectivity index (χ2v) is 21.9. The lowest BCUT2D eigenvalue weighted by atomic mass is 9.94. The van der Waals surface area contributed by atoms with Crippen molar-refractivity contribution in [3.05, 3.63) is 48.0 Å². The van der Waals surface area contributed by atoms with Crippen LogP contribution >= 0.6 is 0 Å². The van der Waals surface area contributed by atoms with E-state index in [1.165, 1.54) is 0 Å². The molecule has 4 nitrogen and oxygen atoms in total. The first-order chi connectivity index (χ1) is 16.2. The zero-order valence-electron chi connectivity index (χ0n) is 24.1. The van der Waals surface area contributed by atoms with Crippen molar-refractivity contribution in [1.82, 2.24) is 0 Å². The Bertz CT molecular complexity index is 734. The van der Waals surface area contributed by atoms with Crippen molar-refractivity contribution in [2.75, 3.05) is 6.61 Å². The van der Waals surface area contributed by atoms with Crippen LogP contribution in [0.5, 0.6) is 0 Å². The Balaban J connectivity index is 2.97. The minimum atomic E-state index is -2.18. The minimum absolute atomic E-state index is 0.244. The number of carbonyl (C=O) groups excluding carboxylic acids is 1. The smallest absolute Gasteiger partial charge is 0.200 e. The molecule has 0 amide bonds. The van der Waals surface area contributed by atoms with Crippen LogP contribution in [0.1, 0.15) is 66.9 Å². The van der Waals surface area contributed by atoms with Gasteiger partial charge in [-0.1, -0.05) is 91.0 Å². The zero-order valence-corrected chi connectivity index (χ0v) is 26.1. The van der Waals surface area contributed by atoms with Crippen LogP contribution in [0.25, 0.3) is 0 Å². The molecule has 1 aromatic rings. The molecule has 0 saturated heterocycles. The van der Waals surface area contributed by atoms with Gasteiger partial charge in [0.05, 0.1) is 19.3 Å². The fourth-order valence-electron chi connectivity index (χ4n) is 5.44. The van der Waals surface area contributed by atoms with Crippen LogP contribution in [-0.4, -0.2) is 41.7 Å². The number of hydrogen-bond donors (Lipinski definition) is 0. The lowest BCUT2D eigenvalue weighted by molar-refractivity contribution is -0.119. The van der Waals surface area contributed by atoms with Crippen LogP contribution in [-0.2, 0) is 25.0 Å². The summed E-state index contributed by atoms with van der Waals surface area (Å²) in [5.41, 5.74) is 3.57. The maximum absolute atomic E-state index is 12.3. The molecule has 0 aliphatic carbocycles. The van der Waals surface area contributed by atoms with Crippen molar-refractivity contribution in [2.24, 2.45) is 5.92 Å². The molecule has 0 heterocycles. The molecule has 1 aromatic carbocycles. The number of aldehydes is 1. The van der Waals surface area contributed by atoms with E-state index in [1.807, 2.05) is 18.2 Å². The van der Waals surface area contributed by atoms with Crippen molar-refractivity contribution >= 4 is 22.9 Å². The molecular formula is C29H52O4Si2. The number of benzene rings is 1. The van der Waals surface area contributed by atoms with E-state index >= 15 is 0 Å². The second kappa shape index (κ2) is 14.6. The van der Waals surface area contributed by atoms with Crippen molar-refractivity contribution < 1.29 is 18.4 Å². The van der Waals surface area contributed by atoms with E-state index in [-0.39, 0.29) is 6.10 Å². The molecule has 0 aliphatic rings. The number of carbonyl (C=O) groups is 1. The Morgan fingerprint density at radius 2 is 1.46 bits per heavy atom. The molecule has 0 fully saturated rings. The predicted octanol–water partition coefficient (Wildman–Crippen LogP) is 8.16. The molecule has 1 rings (SSSR count). The highest BCUT2D eigenvalue weighted by Gasteiger charge is 2.48. The minimum Gasteiger partial charge on any atom is -0.410 e. The molecular weight excluding hydrogens is 468 g/mol. The standard InChI is InChI=1S/C29H52O4Si2/c1-22(2)35(23(3)4,24(5)6)33-28(29(19-30)32-34(9,10)11)18-25(7)17-26(8)20-31-21-27-15-13-12-14-16-27/h12-16,19,22-25,28-29H,8,17-18,20-21H2,1-7,9-11H3/t25-,28-,29+/m1/s1. The zero-order chi connectivity index (χ0) is 26.8. The van der Waals surface area contributed by atoms with E-state index in [9.17, 15) is 4.79 Å². The summed E-state index contributed by atoms with van der Waals surface area (Å²) in [6, 6.07) is 10.2. The van der Waals surface area contributed by atoms with Gasteiger partial charge in [-0.15, -0.1) is 0 Å². The number of rotatable bonds is 17. The lowest BCUT2D eigenvalue weighted by Crippen LogP contribution is -2.54. The quantitative estimate of drug-likeness (QED) is 0.118. The van der Waals surface area contributed by atoms with Gasteiger partial charge in [0.1, 0.15) is 12.4 Å². The Morgan fingerprint density at radius 3 is 1.91 bits per heavy atom. The summed E-state index contributed by atoms with van der Waals surface area (Å²) >= 11 is 0. The molecule has 0 saturated carbocycles. The van der Waals surface area contributed by atoms with Crippen molar-refractivity contribution in [1.29, 1.82) is 0 Å². The Kier molecular flexibility index (Phi) is 13.4. The van der Waals surface area contributed by atoms with E-state index in [4.69, 9.17) is 13.6 Å². The largest absolute Gasteiger partial charge is 0.410 e. The van der Waals surface area contributed by atoms with Gasteiger partial charge in [-0.3, -0.25) is 0 Å². The monoisotopic (exact) mass is 520 g/mol.